The first kappa shape index (κ1) is 13.5. The van der Waals surface area contributed by atoms with Crippen LogP contribution in [0, 0.1) is 6.92 Å². The van der Waals surface area contributed by atoms with Crippen LogP contribution in [-0.4, -0.2) is 47.2 Å². The molecule has 0 bridgehead atoms. The molecule has 20 heavy (non-hydrogen) atoms. The number of piperidine rings is 1. The first-order valence-electron chi connectivity index (χ1n) is 7.25. The molecule has 0 saturated carbocycles. The van der Waals surface area contributed by atoms with Crippen molar-refractivity contribution in [1.82, 2.24) is 20.3 Å². The Hall–Kier alpha value is -1.53. The van der Waals surface area contributed by atoms with Gasteiger partial charge in [0.1, 0.15) is 5.82 Å². The molecule has 1 unspecified atom stereocenters. The number of amides is 1. The maximum absolute atomic E-state index is 12.3. The van der Waals surface area contributed by atoms with E-state index in [9.17, 15) is 4.79 Å². The van der Waals surface area contributed by atoms with Crippen LogP contribution in [0.4, 0.5) is 0 Å². The smallest absolute Gasteiger partial charge is 0.280 e. The predicted molar refractivity (Wildman–Crippen MR) is 73.2 cm³/mol. The average molecular weight is 276 g/mol. The van der Waals surface area contributed by atoms with Gasteiger partial charge in [0.05, 0.1) is 24.4 Å². The Morgan fingerprint density at radius 3 is 3.05 bits per heavy atom. The largest absolute Gasteiger partial charge is 0.316 e. The van der Waals surface area contributed by atoms with Gasteiger partial charge in [-0.3, -0.25) is 9.63 Å². The molecule has 6 nitrogen and oxygen atoms in total. The van der Waals surface area contributed by atoms with E-state index in [1.807, 2.05) is 6.92 Å². The molecule has 2 fully saturated rings. The van der Waals surface area contributed by atoms with Gasteiger partial charge < -0.3 is 5.32 Å². The molecular formula is C14H20N4O2. The summed E-state index contributed by atoms with van der Waals surface area (Å²) in [5.74, 6) is 1.07. The molecule has 3 rings (SSSR count). The van der Waals surface area contributed by atoms with Crippen molar-refractivity contribution in [3.8, 4) is 0 Å². The van der Waals surface area contributed by atoms with Gasteiger partial charge in [0.25, 0.3) is 5.91 Å². The van der Waals surface area contributed by atoms with Crippen molar-refractivity contribution in [3.05, 3.63) is 23.3 Å². The van der Waals surface area contributed by atoms with Gasteiger partial charge in [-0.2, -0.15) is 0 Å². The summed E-state index contributed by atoms with van der Waals surface area (Å²) in [5.41, 5.74) is 1.28. The highest BCUT2D eigenvalue weighted by molar-refractivity contribution is 5.94. The van der Waals surface area contributed by atoms with Gasteiger partial charge in [-0.25, -0.2) is 15.0 Å². The van der Waals surface area contributed by atoms with E-state index in [2.05, 4.69) is 15.3 Å². The van der Waals surface area contributed by atoms with Crippen molar-refractivity contribution >= 4 is 5.91 Å². The molecule has 2 aliphatic heterocycles. The van der Waals surface area contributed by atoms with Crippen LogP contribution in [0.25, 0.3) is 0 Å². The van der Waals surface area contributed by atoms with Crippen LogP contribution in [-0.2, 0) is 4.84 Å². The summed E-state index contributed by atoms with van der Waals surface area (Å²) in [5, 5.41) is 4.77. The molecule has 2 aliphatic rings. The zero-order valence-electron chi connectivity index (χ0n) is 11.8. The van der Waals surface area contributed by atoms with Crippen molar-refractivity contribution in [2.75, 3.05) is 26.2 Å². The number of hydrogen-bond donors (Lipinski definition) is 1. The Morgan fingerprint density at radius 2 is 2.40 bits per heavy atom. The Labute approximate surface area is 118 Å². The number of nitrogens with zero attached hydrogens (tertiary/aromatic N) is 3. The lowest BCUT2D eigenvalue weighted by molar-refractivity contribution is -0.0769. The van der Waals surface area contributed by atoms with Gasteiger partial charge in [0, 0.05) is 18.7 Å². The molecule has 2 saturated heterocycles. The fourth-order valence-corrected chi connectivity index (χ4v) is 2.71. The van der Waals surface area contributed by atoms with E-state index in [-0.39, 0.29) is 5.91 Å². The third-order valence-corrected chi connectivity index (χ3v) is 3.87. The average Bonchev–Trinajstić information content (AvgIpc) is 3.01. The molecule has 1 aromatic heterocycles. The summed E-state index contributed by atoms with van der Waals surface area (Å²) < 4.78 is 0. The van der Waals surface area contributed by atoms with Crippen LogP contribution < -0.4 is 5.32 Å². The lowest BCUT2D eigenvalue weighted by atomic mass is 9.98. The van der Waals surface area contributed by atoms with E-state index in [1.165, 1.54) is 5.06 Å². The third kappa shape index (κ3) is 2.66. The molecule has 108 valence electrons. The predicted octanol–water partition coefficient (Wildman–Crippen LogP) is 1.03. The fraction of sp³-hybridized carbons (Fsp3) is 0.643. The van der Waals surface area contributed by atoms with Gasteiger partial charge in [-0.15, -0.1) is 0 Å². The molecule has 3 heterocycles. The molecule has 1 atom stereocenters. The third-order valence-electron chi connectivity index (χ3n) is 3.87. The molecule has 0 radical (unpaired) electrons. The summed E-state index contributed by atoms with van der Waals surface area (Å²) >= 11 is 0. The van der Waals surface area contributed by atoms with E-state index in [1.54, 1.807) is 6.20 Å². The molecule has 0 aliphatic carbocycles. The van der Waals surface area contributed by atoms with E-state index in [0.717, 1.165) is 43.9 Å². The number of carbonyl (C=O) groups is 1. The normalized spacial score (nSPS) is 23.1. The second-order valence-corrected chi connectivity index (χ2v) is 5.36. The summed E-state index contributed by atoms with van der Waals surface area (Å²) in [6, 6.07) is 0. The van der Waals surface area contributed by atoms with Crippen molar-refractivity contribution in [2.24, 2.45) is 0 Å². The van der Waals surface area contributed by atoms with E-state index >= 15 is 0 Å². The van der Waals surface area contributed by atoms with Gasteiger partial charge in [-0.1, -0.05) is 0 Å². The zero-order chi connectivity index (χ0) is 13.9. The zero-order valence-corrected chi connectivity index (χ0v) is 11.8. The molecule has 1 aromatic rings. The molecule has 1 N–H and O–H groups in total. The monoisotopic (exact) mass is 276 g/mol. The highest BCUT2D eigenvalue weighted by atomic mass is 16.7. The van der Waals surface area contributed by atoms with Crippen LogP contribution in [0.2, 0.25) is 0 Å². The number of aromatic nitrogens is 2. The van der Waals surface area contributed by atoms with Crippen LogP contribution in [0.5, 0.6) is 0 Å². The minimum Gasteiger partial charge on any atom is -0.316 e. The minimum atomic E-state index is -0.131. The van der Waals surface area contributed by atoms with Crippen LogP contribution >= 0.6 is 0 Å². The topological polar surface area (TPSA) is 67.4 Å². The van der Waals surface area contributed by atoms with E-state index < -0.39 is 0 Å². The van der Waals surface area contributed by atoms with Crippen LogP contribution in [0.1, 0.15) is 47.1 Å². The first-order chi connectivity index (χ1) is 9.75. The first-order valence-corrected chi connectivity index (χ1v) is 7.25. The van der Waals surface area contributed by atoms with Crippen LogP contribution in [0.15, 0.2) is 6.20 Å². The fourth-order valence-electron chi connectivity index (χ4n) is 2.71. The van der Waals surface area contributed by atoms with Gasteiger partial charge in [0.15, 0.2) is 0 Å². The Morgan fingerprint density at radius 1 is 1.50 bits per heavy atom. The summed E-state index contributed by atoms with van der Waals surface area (Å²) in [7, 11) is 0. The molecular weight excluding hydrogens is 256 g/mol. The highest BCUT2D eigenvalue weighted by Crippen LogP contribution is 2.21. The second-order valence-electron chi connectivity index (χ2n) is 5.36. The van der Waals surface area contributed by atoms with E-state index in [4.69, 9.17) is 4.84 Å². The molecule has 6 heteroatoms. The highest BCUT2D eigenvalue weighted by Gasteiger charge is 2.25. The second kappa shape index (κ2) is 5.85. The maximum Gasteiger partial charge on any atom is 0.280 e. The number of hydroxylamine groups is 2. The van der Waals surface area contributed by atoms with Crippen molar-refractivity contribution in [3.63, 3.8) is 0 Å². The minimum absolute atomic E-state index is 0.131. The Balaban J connectivity index is 1.78. The molecule has 0 spiro atoms. The number of rotatable bonds is 2. The van der Waals surface area contributed by atoms with Gasteiger partial charge in [0.2, 0.25) is 0 Å². The number of hydrogen-bond acceptors (Lipinski definition) is 5. The van der Waals surface area contributed by atoms with E-state index in [0.29, 0.717) is 24.6 Å². The Bertz CT molecular complexity index is 494. The SMILES string of the molecule is Cc1nc(C2CCCNC2)ncc1C(=O)N1CCCO1. The Kier molecular flexibility index (Phi) is 3.93. The lowest BCUT2D eigenvalue weighted by Crippen LogP contribution is -2.30. The lowest BCUT2D eigenvalue weighted by Gasteiger charge is -2.22. The quantitative estimate of drug-likeness (QED) is 0.874. The maximum atomic E-state index is 12.3. The van der Waals surface area contributed by atoms with Gasteiger partial charge >= 0.3 is 0 Å². The molecule has 0 aromatic carbocycles. The van der Waals surface area contributed by atoms with Crippen molar-refractivity contribution < 1.29 is 9.63 Å². The number of nitrogens with one attached hydrogen (secondary N) is 1. The van der Waals surface area contributed by atoms with Crippen molar-refractivity contribution in [1.29, 1.82) is 0 Å². The number of carbonyl (C=O) groups excluding carboxylic acids is 1. The molecule has 1 amide bonds. The summed E-state index contributed by atoms with van der Waals surface area (Å²) in [6.07, 6.45) is 4.79. The standard InChI is InChI=1S/C14H20N4O2/c1-10-12(14(19)18-6-3-7-20-18)9-16-13(17-10)11-4-2-5-15-8-11/h9,11,15H,2-8H2,1H3. The van der Waals surface area contributed by atoms with Gasteiger partial charge in [-0.05, 0) is 32.7 Å². The van der Waals surface area contributed by atoms with Crippen LogP contribution in [0.3, 0.4) is 0 Å². The number of aryl methyl sites for hydroxylation is 1. The van der Waals surface area contributed by atoms with Crippen molar-refractivity contribution in [2.45, 2.75) is 32.1 Å². The summed E-state index contributed by atoms with van der Waals surface area (Å²) in [6.45, 7) is 5.11. The summed E-state index contributed by atoms with van der Waals surface area (Å²) in [4.78, 5) is 26.5.